The molecule has 23 heavy (non-hydrogen) atoms. The van der Waals surface area contributed by atoms with Crippen molar-refractivity contribution in [2.75, 3.05) is 25.4 Å². The van der Waals surface area contributed by atoms with Crippen molar-refractivity contribution in [1.82, 2.24) is 9.88 Å². The summed E-state index contributed by atoms with van der Waals surface area (Å²) in [5.74, 6) is 0.987. The number of nitrogen functional groups attached to an aromatic ring is 1. The van der Waals surface area contributed by atoms with Crippen LogP contribution in [0.3, 0.4) is 0 Å². The summed E-state index contributed by atoms with van der Waals surface area (Å²) in [6, 6.07) is 11.1. The standard InChI is InChI=1S/C17H21N5O/c1-12-11-22(9-10-23-12)17(15-3-2-8-20-15)21-16(19)13-4-6-14(18)7-5-13/h2-8,12,19-20H,9-11,18H2,1H3. The molecule has 6 heteroatoms. The molecular weight excluding hydrogens is 290 g/mol. The Kier molecular flexibility index (Phi) is 4.43. The van der Waals surface area contributed by atoms with Crippen molar-refractivity contribution in [2.45, 2.75) is 13.0 Å². The van der Waals surface area contributed by atoms with Crippen LogP contribution in [0.15, 0.2) is 47.6 Å². The zero-order chi connectivity index (χ0) is 16.2. The minimum atomic E-state index is 0.148. The molecule has 3 rings (SSSR count). The van der Waals surface area contributed by atoms with E-state index in [1.807, 2.05) is 37.4 Å². The summed E-state index contributed by atoms with van der Waals surface area (Å²) < 4.78 is 5.60. The van der Waals surface area contributed by atoms with Crippen molar-refractivity contribution in [2.24, 2.45) is 4.99 Å². The van der Waals surface area contributed by atoms with Crippen molar-refractivity contribution in [1.29, 1.82) is 5.41 Å². The van der Waals surface area contributed by atoms with Gasteiger partial charge in [0.2, 0.25) is 0 Å². The van der Waals surface area contributed by atoms with E-state index in [0.29, 0.717) is 12.3 Å². The number of aromatic nitrogens is 1. The Morgan fingerprint density at radius 2 is 2.13 bits per heavy atom. The molecular formula is C17H21N5O. The van der Waals surface area contributed by atoms with Crippen LogP contribution in [-0.2, 0) is 4.74 Å². The van der Waals surface area contributed by atoms with Gasteiger partial charge >= 0.3 is 0 Å². The lowest BCUT2D eigenvalue weighted by Gasteiger charge is -2.33. The molecule has 0 aliphatic carbocycles. The van der Waals surface area contributed by atoms with Gasteiger partial charge in [-0.15, -0.1) is 0 Å². The maximum Gasteiger partial charge on any atom is 0.155 e. The van der Waals surface area contributed by atoms with Gasteiger partial charge in [0, 0.05) is 30.5 Å². The summed E-state index contributed by atoms with van der Waals surface area (Å²) in [6.07, 6.45) is 2.01. The number of nitrogens with one attached hydrogen (secondary N) is 2. The lowest BCUT2D eigenvalue weighted by Crippen LogP contribution is -2.45. The number of morpholine rings is 1. The monoisotopic (exact) mass is 311 g/mol. The molecule has 0 radical (unpaired) electrons. The number of hydrogen-bond donors (Lipinski definition) is 3. The Morgan fingerprint density at radius 3 is 2.78 bits per heavy atom. The van der Waals surface area contributed by atoms with Crippen molar-refractivity contribution in [3.63, 3.8) is 0 Å². The van der Waals surface area contributed by atoms with Crippen LogP contribution >= 0.6 is 0 Å². The first-order valence-corrected chi connectivity index (χ1v) is 7.67. The normalized spacial score (nSPS) is 18.9. The number of ether oxygens (including phenoxy) is 1. The highest BCUT2D eigenvalue weighted by atomic mass is 16.5. The number of anilines is 1. The molecule has 1 atom stereocenters. The van der Waals surface area contributed by atoms with Crippen molar-refractivity contribution < 1.29 is 4.74 Å². The minimum absolute atomic E-state index is 0.148. The molecule has 2 heterocycles. The molecule has 1 fully saturated rings. The fraction of sp³-hybridized carbons (Fsp3) is 0.294. The van der Waals surface area contributed by atoms with Gasteiger partial charge < -0.3 is 20.4 Å². The van der Waals surface area contributed by atoms with Crippen LogP contribution in [0, 0.1) is 5.41 Å². The van der Waals surface area contributed by atoms with E-state index in [2.05, 4.69) is 14.9 Å². The highest BCUT2D eigenvalue weighted by Crippen LogP contribution is 2.13. The van der Waals surface area contributed by atoms with Crippen LogP contribution in [0.25, 0.3) is 0 Å². The number of aromatic amines is 1. The molecule has 1 unspecified atom stereocenters. The van der Waals surface area contributed by atoms with Gasteiger partial charge in [-0.3, -0.25) is 5.41 Å². The molecule has 1 aromatic heterocycles. The largest absolute Gasteiger partial charge is 0.399 e. The fourth-order valence-corrected chi connectivity index (χ4v) is 2.59. The number of rotatable bonds is 2. The van der Waals surface area contributed by atoms with E-state index in [9.17, 15) is 0 Å². The van der Waals surface area contributed by atoms with Crippen molar-refractivity contribution >= 4 is 17.4 Å². The van der Waals surface area contributed by atoms with E-state index in [-0.39, 0.29) is 11.9 Å². The zero-order valence-corrected chi connectivity index (χ0v) is 13.1. The second kappa shape index (κ2) is 6.66. The van der Waals surface area contributed by atoms with Gasteiger partial charge in [0.05, 0.1) is 18.4 Å². The molecule has 0 bridgehead atoms. The lowest BCUT2D eigenvalue weighted by atomic mass is 10.2. The van der Waals surface area contributed by atoms with E-state index in [1.165, 1.54) is 0 Å². The summed E-state index contributed by atoms with van der Waals surface area (Å²) in [6.45, 7) is 4.23. The van der Waals surface area contributed by atoms with E-state index < -0.39 is 0 Å². The van der Waals surface area contributed by atoms with E-state index in [4.69, 9.17) is 15.9 Å². The third-order valence-electron chi connectivity index (χ3n) is 3.78. The van der Waals surface area contributed by atoms with Crippen molar-refractivity contribution in [3.05, 3.63) is 53.9 Å². The van der Waals surface area contributed by atoms with E-state index in [1.54, 1.807) is 12.1 Å². The van der Waals surface area contributed by atoms with Gasteiger partial charge in [-0.2, -0.15) is 0 Å². The number of nitrogens with zero attached hydrogens (tertiary/aromatic N) is 2. The number of hydrogen-bond acceptors (Lipinski definition) is 3. The summed E-state index contributed by atoms with van der Waals surface area (Å²) >= 11 is 0. The quantitative estimate of drug-likeness (QED) is 0.450. The fourth-order valence-electron chi connectivity index (χ4n) is 2.59. The average Bonchev–Trinajstić information content (AvgIpc) is 3.07. The number of aliphatic imine (C=N–C) groups is 1. The third-order valence-corrected chi connectivity index (χ3v) is 3.78. The predicted molar refractivity (Wildman–Crippen MR) is 92.0 cm³/mol. The van der Waals surface area contributed by atoms with Crippen LogP contribution < -0.4 is 5.73 Å². The zero-order valence-electron chi connectivity index (χ0n) is 13.1. The van der Waals surface area contributed by atoms with Crippen LogP contribution in [0.5, 0.6) is 0 Å². The number of benzene rings is 1. The summed E-state index contributed by atoms with van der Waals surface area (Å²) in [5.41, 5.74) is 8.02. The second-order valence-electron chi connectivity index (χ2n) is 5.62. The summed E-state index contributed by atoms with van der Waals surface area (Å²) in [7, 11) is 0. The van der Waals surface area contributed by atoms with Gasteiger partial charge in [-0.05, 0) is 43.3 Å². The molecule has 0 spiro atoms. The molecule has 4 N–H and O–H groups in total. The maximum atomic E-state index is 8.30. The predicted octanol–water partition coefficient (Wildman–Crippen LogP) is 2.09. The van der Waals surface area contributed by atoms with Gasteiger partial charge in [0.15, 0.2) is 11.7 Å². The Morgan fingerprint density at radius 1 is 1.35 bits per heavy atom. The molecule has 6 nitrogen and oxygen atoms in total. The Bertz CT molecular complexity index is 690. The molecule has 120 valence electrons. The number of nitrogens with two attached hydrogens (primary N) is 1. The minimum Gasteiger partial charge on any atom is -0.399 e. The number of amidine groups is 2. The Balaban J connectivity index is 1.91. The first-order valence-electron chi connectivity index (χ1n) is 7.67. The Labute approximate surface area is 135 Å². The molecule has 1 saturated heterocycles. The van der Waals surface area contributed by atoms with Crippen LogP contribution in [-0.4, -0.2) is 47.4 Å². The van der Waals surface area contributed by atoms with Gasteiger partial charge in [-0.1, -0.05) is 0 Å². The third kappa shape index (κ3) is 3.60. The maximum absolute atomic E-state index is 8.30. The average molecular weight is 311 g/mol. The number of H-pyrrole nitrogens is 1. The topological polar surface area (TPSA) is 90.5 Å². The first kappa shape index (κ1) is 15.3. The highest BCUT2D eigenvalue weighted by molar-refractivity contribution is 6.09. The second-order valence-corrected chi connectivity index (χ2v) is 5.62. The SMILES string of the molecule is CC1CN(C(=NC(=N)c2ccc(N)cc2)c2ccc[nH]2)CCO1. The van der Waals surface area contributed by atoms with E-state index >= 15 is 0 Å². The molecule has 1 aliphatic heterocycles. The van der Waals surface area contributed by atoms with Gasteiger partial charge in [-0.25, -0.2) is 4.99 Å². The molecule has 2 aromatic rings. The first-order chi connectivity index (χ1) is 11.1. The molecule has 0 saturated carbocycles. The molecule has 0 amide bonds. The summed E-state index contributed by atoms with van der Waals surface area (Å²) in [4.78, 5) is 9.92. The van der Waals surface area contributed by atoms with E-state index in [0.717, 1.165) is 30.2 Å². The molecule has 1 aromatic carbocycles. The van der Waals surface area contributed by atoms with Gasteiger partial charge in [0.1, 0.15) is 0 Å². The van der Waals surface area contributed by atoms with Gasteiger partial charge in [0.25, 0.3) is 0 Å². The van der Waals surface area contributed by atoms with Crippen LogP contribution in [0.2, 0.25) is 0 Å². The summed E-state index contributed by atoms with van der Waals surface area (Å²) in [5, 5.41) is 8.30. The Hall–Kier alpha value is -2.60. The smallest absolute Gasteiger partial charge is 0.155 e. The van der Waals surface area contributed by atoms with Crippen LogP contribution in [0.4, 0.5) is 5.69 Å². The van der Waals surface area contributed by atoms with Crippen LogP contribution in [0.1, 0.15) is 18.2 Å². The molecule has 1 aliphatic rings. The van der Waals surface area contributed by atoms with Crippen molar-refractivity contribution in [3.8, 4) is 0 Å². The highest BCUT2D eigenvalue weighted by Gasteiger charge is 2.22. The lowest BCUT2D eigenvalue weighted by molar-refractivity contribution is 0.00595.